The van der Waals surface area contributed by atoms with E-state index in [1.807, 2.05) is 26.0 Å². The Hall–Kier alpha value is -1.88. The highest BCUT2D eigenvalue weighted by Gasteiger charge is 2.13. The SMILES string of the molecule is Cc1cc(C)cc(OCCc2nc(C)c(C(=O)O)s2)c1. The van der Waals surface area contributed by atoms with Crippen LogP contribution >= 0.6 is 11.3 Å². The van der Waals surface area contributed by atoms with Gasteiger partial charge in [-0.2, -0.15) is 0 Å². The Kier molecular flexibility index (Phi) is 4.39. The second-order valence-electron chi connectivity index (χ2n) is 4.75. The summed E-state index contributed by atoms with van der Waals surface area (Å²) in [4.78, 5) is 15.5. The van der Waals surface area contributed by atoms with E-state index in [2.05, 4.69) is 11.1 Å². The number of carbonyl (C=O) groups is 1. The Balaban J connectivity index is 1.96. The summed E-state index contributed by atoms with van der Waals surface area (Å²) in [6.45, 7) is 6.27. The van der Waals surface area contributed by atoms with Gasteiger partial charge in [0.05, 0.1) is 17.3 Å². The van der Waals surface area contributed by atoms with Gasteiger partial charge in [0.15, 0.2) is 0 Å². The van der Waals surface area contributed by atoms with Gasteiger partial charge in [-0.05, 0) is 44.0 Å². The summed E-state index contributed by atoms with van der Waals surface area (Å²) in [6.07, 6.45) is 0.617. The van der Waals surface area contributed by atoms with E-state index in [0.29, 0.717) is 23.6 Å². The number of carboxylic acid groups (broad SMARTS) is 1. The van der Waals surface area contributed by atoms with Crippen LogP contribution < -0.4 is 4.74 Å². The van der Waals surface area contributed by atoms with E-state index < -0.39 is 5.97 Å². The van der Waals surface area contributed by atoms with Crippen molar-refractivity contribution in [1.82, 2.24) is 4.98 Å². The number of aromatic nitrogens is 1. The third-order valence-corrected chi connectivity index (χ3v) is 4.02. The lowest BCUT2D eigenvalue weighted by atomic mass is 10.1. The highest BCUT2D eigenvalue weighted by molar-refractivity contribution is 7.13. The van der Waals surface area contributed by atoms with Gasteiger partial charge in [0.25, 0.3) is 0 Å². The van der Waals surface area contributed by atoms with Crippen LogP contribution in [0, 0.1) is 20.8 Å². The van der Waals surface area contributed by atoms with E-state index >= 15 is 0 Å². The maximum absolute atomic E-state index is 10.9. The molecule has 4 nitrogen and oxygen atoms in total. The summed E-state index contributed by atoms with van der Waals surface area (Å²) in [5.41, 5.74) is 2.90. The van der Waals surface area contributed by atoms with Crippen LogP contribution in [0.15, 0.2) is 18.2 Å². The minimum Gasteiger partial charge on any atom is -0.493 e. The van der Waals surface area contributed by atoms with Gasteiger partial charge in [0.1, 0.15) is 10.6 Å². The van der Waals surface area contributed by atoms with Gasteiger partial charge in [-0.3, -0.25) is 0 Å². The fourth-order valence-corrected chi connectivity index (χ4v) is 2.91. The molecule has 0 aliphatic rings. The van der Waals surface area contributed by atoms with Crippen molar-refractivity contribution in [2.24, 2.45) is 0 Å². The number of aromatic carboxylic acids is 1. The molecule has 0 aliphatic heterocycles. The summed E-state index contributed by atoms with van der Waals surface area (Å²) >= 11 is 1.22. The molecule has 0 amide bonds. The van der Waals surface area contributed by atoms with Crippen molar-refractivity contribution in [3.63, 3.8) is 0 Å². The normalized spacial score (nSPS) is 10.6. The number of hydrogen-bond donors (Lipinski definition) is 1. The van der Waals surface area contributed by atoms with Crippen molar-refractivity contribution in [2.75, 3.05) is 6.61 Å². The first-order valence-corrected chi connectivity index (χ1v) is 7.18. The van der Waals surface area contributed by atoms with Crippen LogP contribution in [-0.4, -0.2) is 22.7 Å². The van der Waals surface area contributed by atoms with Crippen LogP contribution in [-0.2, 0) is 6.42 Å². The summed E-state index contributed by atoms with van der Waals surface area (Å²) in [6, 6.07) is 6.07. The number of carboxylic acids is 1. The molecule has 0 aliphatic carbocycles. The number of benzene rings is 1. The van der Waals surface area contributed by atoms with Crippen molar-refractivity contribution >= 4 is 17.3 Å². The first-order valence-electron chi connectivity index (χ1n) is 6.36. The van der Waals surface area contributed by atoms with Crippen molar-refractivity contribution in [2.45, 2.75) is 27.2 Å². The topological polar surface area (TPSA) is 59.4 Å². The molecule has 0 unspecified atom stereocenters. The van der Waals surface area contributed by atoms with Crippen LogP contribution in [0.1, 0.15) is 31.5 Å². The maximum atomic E-state index is 10.9. The lowest BCUT2D eigenvalue weighted by molar-refractivity contribution is 0.0701. The van der Waals surface area contributed by atoms with Crippen molar-refractivity contribution in [3.8, 4) is 5.75 Å². The molecule has 1 aromatic heterocycles. The number of thiazole rings is 1. The van der Waals surface area contributed by atoms with E-state index in [4.69, 9.17) is 9.84 Å². The molecule has 1 N–H and O–H groups in total. The Morgan fingerprint density at radius 1 is 1.25 bits per heavy atom. The van der Waals surface area contributed by atoms with E-state index in [1.54, 1.807) is 6.92 Å². The minimum absolute atomic E-state index is 0.311. The maximum Gasteiger partial charge on any atom is 0.347 e. The van der Waals surface area contributed by atoms with Gasteiger partial charge in [-0.1, -0.05) is 6.07 Å². The number of ether oxygens (including phenoxy) is 1. The Labute approximate surface area is 122 Å². The zero-order valence-corrected chi connectivity index (χ0v) is 12.6. The second kappa shape index (κ2) is 6.05. The Morgan fingerprint density at radius 2 is 1.90 bits per heavy atom. The molecule has 2 aromatic rings. The number of nitrogens with zero attached hydrogens (tertiary/aromatic N) is 1. The monoisotopic (exact) mass is 291 g/mol. The number of aryl methyl sites for hydroxylation is 3. The largest absolute Gasteiger partial charge is 0.493 e. The third kappa shape index (κ3) is 3.57. The van der Waals surface area contributed by atoms with Crippen LogP contribution in [0.3, 0.4) is 0 Å². The molecule has 106 valence electrons. The fourth-order valence-electron chi connectivity index (χ4n) is 2.03. The van der Waals surface area contributed by atoms with Gasteiger partial charge in [0, 0.05) is 6.42 Å². The molecule has 1 aromatic carbocycles. The number of rotatable bonds is 5. The summed E-state index contributed by atoms with van der Waals surface area (Å²) in [5, 5.41) is 9.78. The molecule has 0 fully saturated rings. The smallest absolute Gasteiger partial charge is 0.347 e. The van der Waals surface area contributed by atoms with Crippen molar-refractivity contribution in [3.05, 3.63) is 44.9 Å². The van der Waals surface area contributed by atoms with Crippen LogP contribution in [0.4, 0.5) is 0 Å². The predicted molar refractivity (Wildman–Crippen MR) is 78.9 cm³/mol. The van der Waals surface area contributed by atoms with Crippen LogP contribution in [0.25, 0.3) is 0 Å². The molecule has 20 heavy (non-hydrogen) atoms. The first-order chi connectivity index (χ1) is 9.45. The predicted octanol–water partition coefficient (Wildman–Crippen LogP) is 3.39. The lowest BCUT2D eigenvalue weighted by Crippen LogP contribution is -2.01. The molecule has 0 radical (unpaired) electrons. The average Bonchev–Trinajstić information content (AvgIpc) is 2.69. The molecule has 0 atom stereocenters. The lowest BCUT2D eigenvalue weighted by Gasteiger charge is -2.07. The molecule has 0 saturated carbocycles. The van der Waals surface area contributed by atoms with E-state index in [9.17, 15) is 4.79 Å². The van der Waals surface area contributed by atoms with Gasteiger partial charge < -0.3 is 9.84 Å². The minimum atomic E-state index is -0.915. The Bertz CT molecular complexity index is 614. The van der Waals surface area contributed by atoms with E-state index in [-0.39, 0.29) is 0 Å². The molecular formula is C15H17NO3S. The highest BCUT2D eigenvalue weighted by Crippen LogP contribution is 2.20. The fraction of sp³-hybridized carbons (Fsp3) is 0.333. The highest BCUT2D eigenvalue weighted by atomic mass is 32.1. The summed E-state index contributed by atoms with van der Waals surface area (Å²) in [5.74, 6) is -0.0734. The standard InChI is InChI=1S/C15H17NO3S/c1-9-6-10(2)8-12(7-9)19-5-4-13-16-11(3)14(20-13)15(17)18/h6-8H,4-5H2,1-3H3,(H,17,18). The molecule has 1 heterocycles. The summed E-state index contributed by atoms with van der Waals surface area (Å²) in [7, 11) is 0. The molecule has 0 spiro atoms. The average molecular weight is 291 g/mol. The van der Waals surface area contributed by atoms with Crippen molar-refractivity contribution < 1.29 is 14.6 Å². The zero-order valence-electron chi connectivity index (χ0n) is 11.8. The van der Waals surface area contributed by atoms with Crippen molar-refractivity contribution in [1.29, 1.82) is 0 Å². The van der Waals surface area contributed by atoms with E-state index in [1.165, 1.54) is 22.5 Å². The van der Waals surface area contributed by atoms with Crippen LogP contribution in [0.2, 0.25) is 0 Å². The quantitative estimate of drug-likeness (QED) is 0.917. The van der Waals surface area contributed by atoms with Gasteiger partial charge >= 0.3 is 5.97 Å². The molecule has 5 heteroatoms. The van der Waals surface area contributed by atoms with E-state index in [0.717, 1.165) is 10.8 Å². The molecule has 0 bridgehead atoms. The first kappa shape index (κ1) is 14.5. The molecule has 0 saturated heterocycles. The Morgan fingerprint density at radius 3 is 2.45 bits per heavy atom. The van der Waals surface area contributed by atoms with Crippen LogP contribution in [0.5, 0.6) is 5.75 Å². The second-order valence-corrected chi connectivity index (χ2v) is 5.83. The zero-order chi connectivity index (χ0) is 14.7. The van der Waals surface area contributed by atoms with Gasteiger partial charge in [-0.25, -0.2) is 9.78 Å². The van der Waals surface area contributed by atoms with Gasteiger partial charge in [0.2, 0.25) is 0 Å². The number of hydrogen-bond acceptors (Lipinski definition) is 4. The third-order valence-electron chi connectivity index (χ3n) is 2.81. The molecular weight excluding hydrogens is 274 g/mol. The summed E-state index contributed by atoms with van der Waals surface area (Å²) < 4.78 is 5.70. The molecule has 2 rings (SSSR count). The van der Waals surface area contributed by atoms with Gasteiger partial charge in [-0.15, -0.1) is 11.3 Å².